The van der Waals surface area contributed by atoms with Crippen molar-refractivity contribution < 1.29 is 54.3 Å². The number of hydrogen-bond acceptors (Lipinski definition) is 6. The van der Waals surface area contributed by atoms with Crippen LogP contribution in [0.2, 0.25) is 0 Å². The van der Waals surface area contributed by atoms with Gasteiger partial charge in [0.15, 0.2) is 6.29 Å². The molecule has 2 N–H and O–H groups in total. The summed E-state index contributed by atoms with van der Waals surface area (Å²) in [5.41, 5.74) is -2.18. The van der Waals surface area contributed by atoms with Gasteiger partial charge in [0.1, 0.15) is 0 Å². The predicted octanol–water partition coefficient (Wildman–Crippen LogP) is -2.96. The first-order valence-electron chi connectivity index (χ1n) is 6.28. The molecule has 22 heavy (non-hydrogen) atoms. The number of rotatable bonds is 6. The summed E-state index contributed by atoms with van der Waals surface area (Å²) in [4.78, 5) is 27.0. The molecule has 116 valence electrons. The fourth-order valence-corrected chi connectivity index (χ4v) is 1.90. The van der Waals surface area contributed by atoms with E-state index in [9.17, 15) is 19.8 Å². The largest absolute Gasteiger partial charge is 1.00 e. The fraction of sp³-hybridized carbons (Fsp3) is 0.462. The summed E-state index contributed by atoms with van der Waals surface area (Å²) in [6.07, 6.45) is -0.0165. The molecular formula is C13H16LiNO7. The first-order chi connectivity index (χ1) is 10.0. The topological polar surface area (TPSA) is 115 Å². The van der Waals surface area contributed by atoms with Gasteiger partial charge in [0.05, 0.1) is 19.8 Å². The maximum atomic E-state index is 11.5. The molecule has 1 aromatic rings. The van der Waals surface area contributed by atoms with Crippen LogP contribution in [0.3, 0.4) is 0 Å². The number of carbonyl (C=O) groups is 2. The Hall–Kier alpha value is -1.43. The maximum absolute atomic E-state index is 11.5. The van der Waals surface area contributed by atoms with Crippen LogP contribution >= 0.6 is 0 Å². The van der Waals surface area contributed by atoms with Gasteiger partial charge in [-0.15, -0.1) is 0 Å². The van der Waals surface area contributed by atoms with E-state index < -0.39 is 30.3 Å². The molecule has 0 bridgehead atoms. The van der Waals surface area contributed by atoms with Crippen molar-refractivity contribution in [3.63, 3.8) is 0 Å². The van der Waals surface area contributed by atoms with Crippen LogP contribution in [0.25, 0.3) is 0 Å². The molecule has 1 saturated heterocycles. The first-order valence-corrected chi connectivity index (χ1v) is 6.28. The van der Waals surface area contributed by atoms with Crippen LogP contribution < -0.4 is 18.9 Å². The summed E-state index contributed by atoms with van der Waals surface area (Å²) in [5.74, 6) is -3.23. The van der Waals surface area contributed by atoms with Crippen LogP contribution in [-0.2, 0) is 30.2 Å². The third-order valence-corrected chi connectivity index (χ3v) is 2.97. The normalized spacial score (nSPS) is 18.3. The monoisotopic (exact) mass is 305 g/mol. The summed E-state index contributed by atoms with van der Waals surface area (Å²) in [6.45, 7) is 0.543. The van der Waals surface area contributed by atoms with Crippen molar-refractivity contribution in [1.29, 1.82) is 0 Å². The number of carboxylic acid groups (broad SMARTS) is 2. The molecule has 1 aromatic heterocycles. The Morgan fingerprint density at radius 3 is 2.59 bits per heavy atom. The summed E-state index contributed by atoms with van der Waals surface area (Å²) in [6, 6.07) is 4.81. The summed E-state index contributed by atoms with van der Waals surface area (Å²) in [7, 11) is 0. The quantitative estimate of drug-likeness (QED) is 0.423. The third kappa shape index (κ3) is 4.29. The van der Waals surface area contributed by atoms with E-state index in [1.54, 1.807) is 12.1 Å². The Balaban J connectivity index is 0.00000242. The Labute approximate surface area is 140 Å². The zero-order valence-electron chi connectivity index (χ0n) is 13.1. The molecule has 0 radical (unpaired) electrons. The van der Waals surface area contributed by atoms with Crippen LogP contribution in [0, 0.1) is 0 Å². The zero-order valence-corrected chi connectivity index (χ0v) is 12.1. The predicted molar refractivity (Wildman–Crippen MR) is 68.7 cm³/mol. The Bertz CT molecular complexity index is 496. The molecular weight excluding hydrogens is 289 g/mol. The smallest absolute Gasteiger partial charge is 1.00 e. The molecule has 0 aromatic carbocycles. The van der Waals surface area contributed by atoms with Gasteiger partial charge in [0, 0.05) is 18.3 Å². The molecule has 1 aliphatic rings. The van der Waals surface area contributed by atoms with Gasteiger partial charge >= 0.3 is 30.8 Å². The van der Waals surface area contributed by atoms with Gasteiger partial charge in [-0.2, -0.15) is 0 Å². The van der Waals surface area contributed by atoms with E-state index in [1.807, 2.05) is 0 Å². The Morgan fingerprint density at radius 1 is 1.36 bits per heavy atom. The number of ether oxygens (including phenoxy) is 3. The molecule has 1 unspecified atom stereocenters. The van der Waals surface area contributed by atoms with Gasteiger partial charge < -0.3 is 25.9 Å². The van der Waals surface area contributed by atoms with Crippen LogP contribution in [0.4, 0.5) is 0 Å². The second-order valence-electron chi connectivity index (χ2n) is 4.43. The zero-order chi connectivity index (χ0) is 15.3. The van der Waals surface area contributed by atoms with Crippen molar-refractivity contribution in [2.45, 2.75) is 18.3 Å². The number of carboxylic acids is 2. The van der Waals surface area contributed by atoms with Crippen molar-refractivity contribution >= 4 is 11.9 Å². The second-order valence-corrected chi connectivity index (χ2v) is 4.43. The molecule has 8 nitrogen and oxygen atoms in total. The summed E-state index contributed by atoms with van der Waals surface area (Å²) >= 11 is 0. The molecule has 2 rings (SSSR count). The van der Waals surface area contributed by atoms with Crippen LogP contribution in [0.15, 0.2) is 24.4 Å². The molecule has 0 saturated carbocycles. The minimum absolute atomic E-state index is 0. The van der Waals surface area contributed by atoms with E-state index >= 15 is 0 Å². The van der Waals surface area contributed by atoms with Crippen molar-refractivity contribution in [2.24, 2.45) is 0 Å². The van der Waals surface area contributed by atoms with Crippen molar-refractivity contribution in [2.75, 3.05) is 19.8 Å². The van der Waals surface area contributed by atoms with Crippen LogP contribution in [-0.4, -0.2) is 58.8 Å². The SMILES string of the molecule is O=C(O)C(Cc1ccccn1)(OC1COCCO1)C(=O)O.[H-].[Li+]. The molecule has 2 heterocycles. The van der Waals surface area contributed by atoms with Crippen molar-refractivity contribution in [3.8, 4) is 0 Å². The molecule has 0 amide bonds. The van der Waals surface area contributed by atoms with Crippen LogP contribution in [0.1, 0.15) is 7.12 Å². The van der Waals surface area contributed by atoms with Gasteiger partial charge in [-0.3, -0.25) is 4.98 Å². The van der Waals surface area contributed by atoms with Gasteiger partial charge in [0.25, 0.3) is 5.60 Å². The van der Waals surface area contributed by atoms with Gasteiger partial charge in [0.2, 0.25) is 0 Å². The van der Waals surface area contributed by atoms with Gasteiger partial charge in [-0.25, -0.2) is 9.59 Å². The summed E-state index contributed by atoms with van der Waals surface area (Å²) < 4.78 is 15.5. The van der Waals surface area contributed by atoms with Gasteiger partial charge in [-0.05, 0) is 12.1 Å². The molecule has 1 aliphatic heterocycles. The molecule has 0 aliphatic carbocycles. The van der Waals surface area contributed by atoms with E-state index in [1.165, 1.54) is 12.3 Å². The van der Waals surface area contributed by atoms with Crippen molar-refractivity contribution in [3.05, 3.63) is 30.1 Å². The number of aromatic nitrogens is 1. The molecule has 0 spiro atoms. The van der Waals surface area contributed by atoms with E-state index in [-0.39, 0.29) is 33.5 Å². The fourth-order valence-electron chi connectivity index (χ4n) is 1.90. The Morgan fingerprint density at radius 2 is 2.09 bits per heavy atom. The molecule has 1 fully saturated rings. The van der Waals surface area contributed by atoms with Gasteiger partial charge in [-0.1, -0.05) is 6.07 Å². The third-order valence-electron chi connectivity index (χ3n) is 2.97. The van der Waals surface area contributed by atoms with E-state index in [2.05, 4.69) is 4.98 Å². The van der Waals surface area contributed by atoms with Crippen molar-refractivity contribution in [1.82, 2.24) is 4.98 Å². The standard InChI is InChI=1S/C13H15NO7.Li.H/c15-11(16)13(12(17)18,7-9-3-1-2-4-14-9)21-10-8-19-5-6-20-10;;/h1-4,10H,5-8H2,(H,15,16)(H,17,18);;/q;+1;-1. The van der Waals surface area contributed by atoms with E-state index in [0.717, 1.165) is 0 Å². The number of pyridine rings is 1. The summed E-state index contributed by atoms with van der Waals surface area (Å²) in [5, 5.41) is 18.7. The first kappa shape index (κ1) is 18.6. The maximum Gasteiger partial charge on any atom is 1.00 e. The van der Waals surface area contributed by atoms with E-state index in [0.29, 0.717) is 12.3 Å². The number of aliphatic carboxylic acids is 2. The average molecular weight is 305 g/mol. The Kier molecular flexibility index (Phi) is 6.99. The second kappa shape index (κ2) is 8.27. The minimum Gasteiger partial charge on any atom is -1.00 e. The average Bonchev–Trinajstić information content (AvgIpc) is 2.48. The minimum atomic E-state index is -2.47. The molecule has 1 atom stereocenters. The molecule has 9 heteroatoms. The van der Waals surface area contributed by atoms with E-state index in [4.69, 9.17) is 14.2 Å². The number of nitrogens with zero attached hydrogens (tertiary/aromatic N) is 1. The number of hydrogen-bond donors (Lipinski definition) is 2. The van der Waals surface area contributed by atoms with Crippen LogP contribution in [0.5, 0.6) is 0 Å².